The van der Waals surface area contributed by atoms with Gasteiger partial charge in [0.1, 0.15) is 6.54 Å². The average molecular weight is 469 g/mol. The third-order valence-corrected chi connectivity index (χ3v) is 4.82. The summed E-state index contributed by atoms with van der Waals surface area (Å²) in [4.78, 5) is 53.1. The molecule has 0 radical (unpaired) electrons. The van der Waals surface area contributed by atoms with Gasteiger partial charge in [0, 0.05) is 9.86 Å². The summed E-state index contributed by atoms with van der Waals surface area (Å²) in [6.07, 6.45) is 1.26. The maximum atomic E-state index is 12.5. The van der Waals surface area contributed by atoms with Crippen LogP contribution in [0.5, 0.6) is 0 Å². The van der Waals surface area contributed by atoms with Crippen LogP contribution in [-0.2, 0) is 11.3 Å². The number of carbonyl (C=O) groups is 2. The zero-order chi connectivity index (χ0) is 21.3. The maximum absolute atomic E-state index is 12.5. The van der Waals surface area contributed by atoms with Crippen LogP contribution < -0.4 is 22.0 Å². The minimum absolute atomic E-state index is 0.0557. The molecule has 0 atom stereocenters. The predicted molar refractivity (Wildman–Crippen MR) is 112 cm³/mol. The number of H-pyrrole nitrogens is 1. The van der Waals surface area contributed by atoms with Gasteiger partial charge in [-0.15, -0.1) is 0 Å². The van der Waals surface area contributed by atoms with Crippen LogP contribution in [0.1, 0.15) is 10.5 Å². The summed E-state index contributed by atoms with van der Waals surface area (Å²) in [6.45, 7) is -0.353. The number of amides is 2. The summed E-state index contributed by atoms with van der Waals surface area (Å²) in [5.74, 6) is -1.36. The van der Waals surface area contributed by atoms with E-state index in [1.54, 1.807) is 42.5 Å². The summed E-state index contributed by atoms with van der Waals surface area (Å²) in [5.41, 5.74) is 4.08. The Morgan fingerprint density at radius 3 is 2.60 bits per heavy atom. The fraction of sp³-hybridized carbons (Fsp3) is 0.0526. The lowest BCUT2D eigenvalue weighted by Crippen LogP contribution is -2.44. The summed E-state index contributed by atoms with van der Waals surface area (Å²) >= 11 is 3.30. The molecule has 2 amide bonds. The van der Waals surface area contributed by atoms with Crippen molar-refractivity contribution in [2.45, 2.75) is 6.54 Å². The van der Waals surface area contributed by atoms with E-state index in [9.17, 15) is 19.2 Å². The second kappa shape index (κ2) is 7.87. The van der Waals surface area contributed by atoms with Crippen LogP contribution in [0.15, 0.2) is 62.9 Å². The van der Waals surface area contributed by atoms with Gasteiger partial charge < -0.3 is 0 Å². The number of hydrazine groups is 1. The first-order valence-corrected chi connectivity index (χ1v) is 9.44. The molecular formula is C19H13BrN6O4. The Labute approximate surface area is 176 Å². The number of nitrogens with one attached hydrogen (secondary N) is 3. The zero-order valence-corrected chi connectivity index (χ0v) is 16.8. The molecule has 0 aliphatic carbocycles. The molecular weight excluding hydrogens is 456 g/mol. The highest BCUT2D eigenvalue weighted by Crippen LogP contribution is 2.15. The van der Waals surface area contributed by atoms with Crippen LogP contribution in [0.25, 0.3) is 21.7 Å². The quantitative estimate of drug-likeness (QED) is 0.381. The molecule has 150 valence electrons. The SMILES string of the molecule is O=C(Cn1cnc2ccc(Br)cc2c1=O)NNC(=O)c1n[nH]c(=O)c2ccccc12. The lowest BCUT2D eigenvalue weighted by molar-refractivity contribution is -0.122. The first kappa shape index (κ1) is 19.5. The van der Waals surface area contributed by atoms with Gasteiger partial charge in [0.2, 0.25) is 0 Å². The van der Waals surface area contributed by atoms with Crippen molar-refractivity contribution in [2.75, 3.05) is 0 Å². The number of hydrogen-bond acceptors (Lipinski definition) is 6. The van der Waals surface area contributed by atoms with Crippen LogP contribution in [0.2, 0.25) is 0 Å². The standard InChI is InChI=1S/C19H13BrN6O4/c20-10-5-6-14-13(7-10)19(30)26(9-21-14)8-15(27)22-25-18(29)16-11-3-1-2-4-12(11)17(28)24-23-16/h1-7,9H,8H2,(H,22,27)(H,24,28)(H,25,29). The molecule has 11 heteroatoms. The van der Waals surface area contributed by atoms with Gasteiger partial charge in [0.05, 0.1) is 22.6 Å². The molecule has 30 heavy (non-hydrogen) atoms. The van der Waals surface area contributed by atoms with Crippen molar-refractivity contribution in [2.24, 2.45) is 0 Å². The fourth-order valence-corrected chi connectivity index (χ4v) is 3.27. The summed E-state index contributed by atoms with van der Waals surface area (Å²) in [6, 6.07) is 11.5. The Balaban J connectivity index is 1.50. The predicted octanol–water partition coefficient (Wildman–Crippen LogP) is 0.857. The number of carbonyl (C=O) groups excluding carboxylic acids is 2. The number of fused-ring (bicyclic) bond motifs is 2. The van der Waals surface area contributed by atoms with E-state index in [0.717, 1.165) is 4.57 Å². The molecule has 0 unspecified atom stereocenters. The molecule has 0 spiro atoms. The van der Waals surface area contributed by atoms with E-state index in [4.69, 9.17) is 0 Å². The number of aromatic amines is 1. The first-order valence-electron chi connectivity index (χ1n) is 8.65. The number of hydrogen-bond donors (Lipinski definition) is 3. The molecule has 2 aromatic heterocycles. The van der Waals surface area contributed by atoms with Gasteiger partial charge in [-0.3, -0.25) is 34.6 Å². The Kier molecular flexibility index (Phi) is 5.11. The van der Waals surface area contributed by atoms with E-state index >= 15 is 0 Å². The largest absolute Gasteiger partial charge is 0.290 e. The van der Waals surface area contributed by atoms with E-state index < -0.39 is 22.9 Å². The molecule has 0 bridgehead atoms. The van der Waals surface area contributed by atoms with Crippen LogP contribution in [0.4, 0.5) is 0 Å². The summed E-state index contributed by atoms with van der Waals surface area (Å²) in [5, 5.41) is 6.99. The average Bonchev–Trinajstić information content (AvgIpc) is 2.75. The van der Waals surface area contributed by atoms with Gasteiger partial charge in [0.25, 0.3) is 22.9 Å². The highest BCUT2D eigenvalue weighted by Gasteiger charge is 2.15. The first-order chi connectivity index (χ1) is 14.4. The molecule has 4 rings (SSSR count). The van der Waals surface area contributed by atoms with Crippen molar-refractivity contribution in [1.82, 2.24) is 30.6 Å². The van der Waals surface area contributed by atoms with Crippen LogP contribution in [0, 0.1) is 0 Å². The van der Waals surface area contributed by atoms with Gasteiger partial charge in [-0.05, 0) is 24.3 Å². The zero-order valence-electron chi connectivity index (χ0n) is 15.2. The van der Waals surface area contributed by atoms with Crippen molar-refractivity contribution < 1.29 is 9.59 Å². The molecule has 10 nitrogen and oxygen atoms in total. The number of aromatic nitrogens is 4. The van der Waals surface area contributed by atoms with Crippen molar-refractivity contribution in [3.05, 3.63) is 79.7 Å². The molecule has 0 aliphatic heterocycles. The Hall–Kier alpha value is -3.86. The molecule has 0 saturated carbocycles. The van der Waals surface area contributed by atoms with Crippen LogP contribution in [-0.4, -0.2) is 31.6 Å². The molecule has 3 N–H and O–H groups in total. The van der Waals surface area contributed by atoms with E-state index in [0.29, 0.717) is 26.1 Å². The smallest absolute Gasteiger partial charge is 0.289 e. The van der Waals surface area contributed by atoms with Crippen molar-refractivity contribution >= 4 is 49.4 Å². The lowest BCUT2D eigenvalue weighted by atomic mass is 10.1. The number of benzene rings is 2. The number of nitrogens with zero attached hydrogens (tertiary/aromatic N) is 3. The van der Waals surface area contributed by atoms with Gasteiger partial charge in [-0.1, -0.05) is 34.1 Å². The van der Waals surface area contributed by atoms with E-state index in [2.05, 4.69) is 42.0 Å². The normalized spacial score (nSPS) is 10.8. The van der Waals surface area contributed by atoms with E-state index in [1.807, 2.05) is 0 Å². The topological polar surface area (TPSA) is 139 Å². The highest BCUT2D eigenvalue weighted by molar-refractivity contribution is 9.10. The van der Waals surface area contributed by atoms with E-state index in [1.165, 1.54) is 6.33 Å². The van der Waals surface area contributed by atoms with Gasteiger partial charge in [0.15, 0.2) is 5.69 Å². The second-order valence-corrected chi connectivity index (χ2v) is 7.20. The molecule has 2 heterocycles. The Morgan fingerprint density at radius 2 is 1.80 bits per heavy atom. The third kappa shape index (κ3) is 3.70. The molecule has 2 aromatic carbocycles. The van der Waals surface area contributed by atoms with Crippen LogP contribution >= 0.6 is 15.9 Å². The number of rotatable bonds is 3. The molecule has 0 saturated heterocycles. The number of halogens is 1. The Morgan fingerprint density at radius 1 is 1.03 bits per heavy atom. The van der Waals surface area contributed by atoms with Crippen molar-refractivity contribution in [3.8, 4) is 0 Å². The van der Waals surface area contributed by atoms with Crippen molar-refractivity contribution in [3.63, 3.8) is 0 Å². The van der Waals surface area contributed by atoms with Gasteiger partial charge >= 0.3 is 0 Å². The monoisotopic (exact) mass is 468 g/mol. The minimum Gasteiger partial charge on any atom is -0.289 e. The summed E-state index contributed by atoms with van der Waals surface area (Å²) in [7, 11) is 0. The van der Waals surface area contributed by atoms with Gasteiger partial charge in [-0.2, -0.15) is 5.10 Å². The molecule has 0 aliphatic rings. The molecule has 0 fully saturated rings. The second-order valence-electron chi connectivity index (χ2n) is 6.29. The third-order valence-electron chi connectivity index (χ3n) is 4.33. The molecule has 4 aromatic rings. The highest BCUT2D eigenvalue weighted by atomic mass is 79.9. The lowest BCUT2D eigenvalue weighted by Gasteiger charge is -2.10. The minimum atomic E-state index is -0.719. The van der Waals surface area contributed by atoms with Crippen molar-refractivity contribution in [1.29, 1.82) is 0 Å². The Bertz CT molecular complexity index is 1430. The van der Waals surface area contributed by atoms with E-state index in [-0.39, 0.29) is 12.2 Å². The van der Waals surface area contributed by atoms with Crippen LogP contribution in [0.3, 0.4) is 0 Å². The summed E-state index contributed by atoms with van der Waals surface area (Å²) < 4.78 is 1.84. The maximum Gasteiger partial charge on any atom is 0.290 e. The van der Waals surface area contributed by atoms with Gasteiger partial charge in [-0.25, -0.2) is 10.1 Å². The fourth-order valence-electron chi connectivity index (χ4n) is 2.91.